The summed E-state index contributed by atoms with van der Waals surface area (Å²) in [5, 5.41) is 3.01. The lowest BCUT2D eigenvalue weighted by Crippen LogP contribution is -2.36. The quantitative estimate of drug-likeness (QED) is 0.694. The molecule has 2 amide bonds. The predicted octanol–water partition coefficient (Wildman–Crippen LogP) is 4.01. The molecule has 0 aromatic heterocycles. The minimum Gasteiger partial charge on any atom is -0.351 e. The molecule has 1 N–H and O–H groups in total. The maximum Gasteiger partial charge on any atom is 0.251 e. The van der Waals surface area contributed by atoms with Crippen LogP contribution in [0.1, 0.15) is 40.9 Å². The van der Waals surface area contributed by atoms with Gasteiger partial charge in [-0.15, -0.1) is 11.8 Å². The Labute approximate surface area is 183 Å². The molecule has 0 bridgehead atoms. The number of nitrogens with zero attached hydrogens (tertiary/aromatic N) is 2. The van der Waals surface area contributed by atoms with E-state index in [0.29, 0.717) is 24.4 Å². The lowest BCUT2D eigenvalue weighted by Gasteiger charge is -2.30. The Morgan fingerprint density at radius 1 is 1.13 bits per heavy atom. The summed E-state index contributed by atoms with van der Waals surface area (Å²) in [6, 6.07) is 12.0. The Bertz CT molecular complexity index is 925. The lowest BCUT2D eigenvalue weighted by molar-refractivity contribution is -0.116. The third-order valence-corrected chi connectivity index (χ3v) is 6.65. The molecule has 3 rings (SSSR count). The smallest absolute Gasteiger partial charge is 0.251 e. The second-order valence-electron chi connectivity index (χ2n) is 7.66. The minimum atomic E-state index is -0.0975. The largest absolute Gasteiger partial charge is 0.351 e. The fourth-order valence-corrected chi connectivity index (χ4v) is 4.54. The molecule has 6 heteroatoms. The maximum atomic E-state index is 12.8. The molecule has 0 saturated heterocycles. The number of aryl methyl sites for hydroxylation is 2. The minimum absolute atomic E-state index is 0.0764. The number of fused-ring (bicyclic) bond motifs is 1. The number of hydrogen-bond acceptors (Lipinski definition) is 4. The maximum absolute atomic E-state index is 12.8. The zero-order valence-corrected chi connectivity index (χ0v) is 19.1. The molecular formula is C24H31N3O2S. The second kappa shape index (κ2) is 10.1. The van der Waals surface area contributed by atoms with Gasteiger partial charge in [0.2, 0.25) is 5.91 Å². The Hall–Kier alpha value is -2.31. The lowest BCUT2D eigenvalue weighted by atomic mass is 10.0. The Kier molecular flexibility index (Phi) is 7.56. The van der Waals surface area contributed by atoms with Crippen molar-refractivity contribution in [3.63, 3.8) is 0 Å². The van der Waals surface area contributed by atoms with Crippen LogP contribution in [0.15, 0.2) is 41.3 Å². The number of carbonyl (C=O) groups is 2. The van der Waals surface area contributed by atoms with Crippen molar-refractivity contribution in [2.75, 3.05) is 36.8 Å². The van der Waals surface area contributed by atoms with Gasteiger partial charge < -0.3 is 15.1 Å². The van der Waals surface area contributed by atoms with Gasteiger partial charge in [-0.2, -0.15) is 0 Å². The van der Waals surface area contributed by atoms with Crippen molar-refractivity contribution in [2.24, 2.45) is 0 Å². The number of anilines is 1. The summed E-state index contributed by atoms with van der Waals surface area (Å²) >= 11 is 1.54. The van der Waals surface area contributed by atoms with Gasteiger partial charge in [0.15, 0.2) is 0 Å². The first-order valence-corrected chi connectivity index (χ1v) is 11.5. The first-order valence-electron chi connectivity index (χ1n) is 10.6. The van der Waals surface area contributed by atoms with Crippen LogP contribution in [-0.4, -0.2) is 48.6 Å². The molecule has 0 fully saturated rings. The normalized spacial score (nSPS) is 13.5. The summed E-state index contributed by atoms with van der Waals surface area (Å²) in [6.07, 6.45) is 0. The van der Waals surface area contributed by atoms with E-state index in [0.717, 1.165) is 35.8 Å². The average molecular weight is 426 g/mol. The molecular weight excluding hydrogens is 394 g/mol. The van der Waals surface area contributed by atoms with Crippen molar-refractivity contribution in [3.8, 4) is 0 Å². The average Bonchev–Trinajstić information content (AvgIpc) is 2.75. The fourth-order valence-electron chi connectivity index (χ4n) is 3.63. The molecule has 0 saturated carbocycles. The number of likely N-dealkylation sites (N-methyl/N-ethyl adjacent to an activating group) is 1. The van der Waals surface area contributed by atoms with Crippen LogP contribution < -0.4 is 10.2 Å². The van der Waals surface area contributed by atoms with E-state index in [-0.39, 0.29) is 11.8 Å². The topological polar surface area (TPSA) is 52.7 Å². The third kappa shape index (κ3) is 5.24. The summed E-state index contributed by atoms with van der Waals surface area (Å²) in [6.45, 7) is 12.3. The number of hydrogen-bond donors (Lipinski definition) is 1. The van der Waals surface area contributed by atoms with E-state index in [1.54, 1.807) is 0 Å². The van der Waals surface area contributed by atoms with Gasteiger partial charge in [0.05, 0.1) is 18.0 Å². The van der Waals surface area contributed by atoms with Gasteiger partial charge in [-0.1, -0.05) is 37.6 Å². The molecule has 0 aliphatic carbocycles. The van der Waals surface area contributed by atoms with Gasteiger partial charge in [-0.3, -0.25) is 9.59 Å². The van der Waals surface area contributed by atoms with Crippen LogP contribution in [0.5, 0.6) is 0 Å². The van der Waals surface area contributed by atoms with Crippen molar-refractivity contribution < 1.29 is 9.59 Å². The van der Waals surface area contributed by atoms with Crippen molar-refractivity contribution >= 4 is 29.3 Å². The van der Waals surface area contributed by atoms with E-state index < -0.39 is 0 Å². The van der Waals surface area contributed by atoms with Gasteiger partial charge >= 0.3 is 0 Å². The van der Waals surface area contributed by atoms with Crippen LogP contribution in [0, 0.1) is 13.8 Å². The highest BCUT2D eigenvalue weighted by Gasteiger charge is 2.26. The van der Waals surface area contributed by atoms with Gasteiger partial charge in [-0.05, 0) is 56.3 Å². The number of rotatable bonds is 8. The molecule has 160 valence electrons. The molecule has 1 aliphatic heterocycles. The molecule has 0 spiro atoms. The molecule has 30 heavy (non-hydrogen) atoms. The predicted molar refractivity (Wildman–Crippen MR) is 124 cm³/mol. The number of benzene rings is 2. The van der Waals surface area contributed by atoms with Gasteiger partial charge in [0.25, 0.3) is 5.91 Å². The summed E-state index contributed by atoms with van der Waals surface area (Å²) in [5.41, 5.74) is 4.90. The number of nitrogens with one attached hydrogen (secondary N) is 1. The zero-order valence-electron chi connectivity index (χ0n) is 18.3. The van der Waals surface area contributed by atoms with Gasteiger partial charge in [0, 0.05) is 23.5 Å². The van der Waals surface area contributed by atoms with Crippen molar-refractivity contribution in [1.82, 2.24) is 10.2 Å². The van der Waals surface area contributed by atoms with Crippen LogP contribution in [0.2, 0.25) is 0 Å². The van der Waals surface area contributed by atoms with E-state index in [9.17, 15) is 9.59 Å². The van der Waals surface area contributed by atoms with Crippen LogP contribution in [0.25, 0.3) is 0 Å². The van der Waals surface area contributed by atoms with Gasteiger partial charge in [-0.25, -0.2) is 0 Å². The molecule has 0 unspecified atom stereocenters. The standard InChI is InChI=1S/C24H31N3O2S/c1-5-26(6-2)12-11-25-24(29)19-9-10-22-21(14-19)27(23(28)16-30-22)15-20-13-17(3)7-8-18(20)4/h7-10,13-14H,5-6,11-12,15-16H2,1-4H3,(H,25,29). The molecule has 5 nitrogen and oxygen atoms in total. The van der Waals surface area contributed by atoms with Crippen molar-refractivity contribution in [2.45, 2.75) is 39.1 Å². The molecule has 0 radical (unpaired) electrons. The molecule has 0 atom stereocenters. The number of amides is 2. The first kappa shape index (κ1) is 22.4. The molecule has 1 aliphatic rings. The molecule has 2 aromatic rings. The number of thioether (sulfide) groups is 1. The van der Waals surface area contributed by atoms with Crippen molar-refractivity contribution in [3.05, 3.63) is 58.7 Å². The first-order chi connectivity index (χ1) is 14.4. The Morgan fingerprint density at radius 3 is 2.63 bits per heavy atom. The highest BCUT2D eigenvalue weighted by Crippen LogP contribution is 2.37. The Morgan fingerprint density at radius 2 is 1.90 bits per heavy atom. The summed E-state index contributed by atoms with van der Waals surface area (Å²) in [5.74, 6) is 0.403. The van der Waals surface area contributed by atoms with E-state index in [4.69, 9.17) is 0 Å². The monoisotopic (exact) mass is 425 g/mol. The summed E-state index contributed by atoms with van der Waals surface area (Å²) in [4.78, 5) is 30.6. The fraction of sp³-hybridized carbons (Fsp3) is 0.417. The highest BCUT2D eigenvalue weighted by molar-refractivity contribution is 8.00. The third-order valence-electron chi connectivity index (χ3n) is 5.61. The van der Waals surface area contributed by atoms with E-state index in [1.807, 2.05) is 23.1 Å². The zero-order chi connectivity index (χ0) is 21.7. The highest BCUT2D eigenvalue weighted by atomic mass is 32.2. The SMILES string of the molecule is CCN(CC)CCNC(=O)c1ccc2c(c1)N(Cc1cc(C)ccc1C)C(=O)CS2. The van der Waals surface area contributed by atoms with Crippen LogP contribution in [-0.2, 0) is 11.3 Å². The summed E-state index contributed by atoms with van der Waals surface area (Å²) < 4.78 is 0. The molecule has 2 aromatic carbocycles. The second-order valence-corrected chi connectivity index (χ2v) is 8.68. The van der Waals surface area contributed by atoms with Crippen molar-refractivity contribution in [1.29, 1.82) is 0 Å². The van der Waals surface area contributed by atoms with Crippen LogP contribution >= 0.6 is 11.8 Å². The van der Waals surface area contributed by atoms with E-state index in [2.05, 4.69) is 56.1 Å². The molecule has 1 heterocycles. The van der Waals surface area contributed by atoms with Gasteiger partial charge in [0.1, 0.15) is 0 Å². The van der Waals surface area contributed by atoms with Crippen LogP contribution in [0.3, 0.4) is 0 Å². The van der Waals surface area contributed by atoms with Crippen LogP contribution in [0.4, 0.5) is 5.69 Å². The Balaban J connectivity index is 1.79. The summed E-state index contributed by atoms with van der Waals surface area (Å²) in [7, 11) is 0. The van der Waals surface area contributed by atoms with E-state index >= 15 is 0 Å². The number of carbonyl (C=O) groups excluding carboxylic acids is 2. The van der Waals surface area contributed by atoms with E-state index in [1.165, 1.54) is 22.9 Å².